The van der Waals surface area contributed by atoms with Crippen molar-refractivity contribution in [2.24, 2.45) is 0 Å². The standard InChI is InChI=1S/C25H23N5O2/c1-18-9-11-19(12-10-18)16-27-25-28-24(21-7-5-15-26-17-21)29-30(25)23(31)14-13-20-6-3-4-8-22(20)32-2/h3-15,17H,16H2,1-2H3,(H,27,28,29)/b14-13+. The molecule has 2 aromatic carbocycles. The van der Waals surface area contributed by atoms with E-state index in [1.54, 1.807) is 31.6 Å². The van der Waals surface area contributed by atoms with E-state index in [0.29, 0.717) is 24.1 Å². The van der Waals surface area contributed by atoms with Crippen LogP contribution < -0.4 is 10.1 Å². The predicted octanol–water partition coefficient (Wildman–Crippen LogP) is 4.62. The lowest BCUT2D eigenvalue weighted by Crippen LogP contribution is -2.14. The van der Waals surface area contributed by atoms with Gasteiger partial charge in [0.2, 0.25) is 5.95 Å². The molecule has 160 valence electrons. The molecule has 0 saturated carbocycles. The molecule has 0 aliphatic carbocycles. The number of pyridine rings is 1. The molecular weight excluding hydrogens is 402 g/mol. The van der Waals surface area contributed by atoms with Crippen LogP contribution in [0.5, 0.6) is 5.75 Å². The highest BCUT2D eigenvalue weighted by Crippen LogP contribution is 2.20. The minimum absolute atomic E-state index is 0.329. The largest absolute Gasteiger partial charge is 0.496 e. The van der Waals surface area contributed by atoms with Crippen molar-refractivity contribution in [1.82, 2.24) is 19.7 Å². The van der Waals surface area contributed by atoms with Gasteiger partial charge in [-0.05, 0) is 36.8 Å². The van der Waals surface area contributed by atoms with Gasteiger partial charge in [-0.1, -0.05) is 48.0 Å². The number of nitrogens with zero attached hydrogens (tertiary/aromatic N) is 4. The Hall–Kier alpha value is -4.26. The predicted molar refractivity (Wildman–Crippen MR) is 124 cm³/mol. The Kier molecular flexibility index (Phi) is 6.36. The van der Waals surface area contributed by atoms with Gasteiger partial charge in [-0.3, -0.25) is 9.78 Å². The van der Waals surface area contributed by atoms with Crippen molar-refractivity contribution in [2.75, 3.05) is 12.4 Å². The van der Waals surface area contributed by atoms with Crippen LogP contribution in [0.3, 0.4) is 0 Å². The average Bonchev–Trinajstić information content (AvgIpc) is 3.27. The molecule has 4 aromatic rings. The summed E-state index contributed by atoms with van der Waals surface area (Å²) in [5.41, 5.74) is 3.79. The van der Waals surface area contributed by atoms with Gasteiger partial charge in [0.25, 0.3) is 5.91 Å². The zero-order chi connectivity index (χ0) is 22.3. The maximum Gasteiger partial charge on any atom is 0.274 e. The Morgan fingerprint density at radius 1 is 1.09 bits per heavy atom. The smallest absolute Gasteiger partial charge is 0.274 e. The zero-order valence-electron chi connectivity index (χ0n) is 17.9. The summed E-state index contributed by atoms with van der Waals surface area (Å²) < 4.78 is 6.61. The lowest BCUT2D eigenvalue weighted by molar-refractivity contribution is 0.0957. The molecule has 1 N–H and O–H groups in total. The fourth-order valence-corrected chi connectivity index (χ4v) is 3.12. The molecule has 0 bridgehead atoms. The van der Waals surface area contributed by atoms with Gasteiger partial charge in [0.1, 0.15) is 5.75 Å². The number of ether oxygens (including phenoxy) is 1. The summed E-state index contributed by atoms with van der Waals surface area (Å²) in [6, 6.07) is 19.3. The first-order valence-electron chi connectivity index (χ1n) is 10.2. The van der Waals surface area contributed by atoms with E-state index < -0.39 is 0 Å². The molecule has 7 nitrogen and oxygen atoms in total. The van der Waals surface area contributed by atoms with Gasteiger partial charge in [-0.15, -0.1) is 5.10 Å². The van der Waals surface area contributed by atoms with Gasteiger partial charge >= 0.3 is 0 Å². The number of rotatable bonds is 7. The Labute approximate surface area is 186 Å². The molecule has 0 spiro atoms. The number of para-hydroxylation sites is 1. The SMILES string of the molecule is COc1ccccc1/C=C/C(=O)n1nc(-c2cccnc2)nc1NCc1ccc(C)cc1. The topological polar surface area (TPSA) is 81.9 Å². The Morgan fingerprint density at radius 2 is 1.91 bits per heavy atom. The molecule has 0 aliphatic heterocycles. The number of benzene rings is 2. The van der Waals surface area contributed by atoms with Crippen molar-refractivity contribution < 1.29 is 9.53 Å². The lowest BCUT2D eigenvalue weighted by Gasteiger charge is -2.06. The molecule has 0 saturated heterocycles. The van der Waals surface area contributed by atoms with Gasteiger partial charge in [-0.25, -0.2) is 0 Å². The molecule has 2 heterocycles. The second kappa shape index (κ2) is 9.70. The fourth-order valence-electron chi connectivity index (χ4n) is 3.12. The third kappa shape index (κ3) is 4.89. The number of anilines is 1. The van der Waals surface area contributed by atoms with E-state index in [-0.39, 0.29) is 5.91 Å². The Morgan fingerprint density at radius 3 is 2.66 bits per heavy atom. The minimum Gasteiger partial charge on any atom is -0.496 e. The third-order valence-electron chi connectivity index (χ3n) is 4.85. The molecule has 0 amide bonds. The Bertz CT molecular complexity index is 1230. The van der Waals surface area contributed by atoms with Crippen LogP contribution in [0.4, 0.5) is 5.95 Å². The molecule has 7 heteroatoms. The minimum atomic E-state index is -0.329. The van der Waals surface area contributed by atoms with Crippen LogP contribution >= 0.6 is 0 Å². The summed E-state index contributed by atoms with van der Waals surface area (Å²) in [5, 5.41) is 7.66. The van der Waals surface area contributed by atoms with Gasteiger partial charge in [-0.2, -0.15) is 9.67 Å². The summed E-state index contributed by atoms with van der Waals surface area (Å²) in [4.78, 5) is 21.7. The average molecular weight is 425 g/mol. The van der Waals surface area contributed by atoms with E-state index in [4.69, 9.17) is 4.74 Å². The van der Waals surface area contributed by atoms with Gasteiger partial charge < -0.3 is 10.1 Å². The van der Waals surface area contributed by atoms with Gasteiger partial charge in [0.05, 0.1) is 7.11 Å². The molecule has 0 radical (unpaired) electrons. The highest BCUT2D eigenvalue weighted by molar-refractivity contribution is 5.95. The number of aryl methyl sites for hydroxylation is 1. The van der Waals surface area contributed by atoms with E-state index in [1.165, 1.54) is 16.3 Å². The first kappa shape index (κ1) is 21.0. The number of carbonyl (C=O) groups excluding carboxylic acids is 1. The quantitative estimate of drug-likeness (QED) is 0.435. The second-order valence-corrected chi connectivity index (χ2v) is 7.17. The molecule has 2 aromatic heterocycles. The second-order valence-electron chi connectivity index (χ2n) is 7.17. The number of hydrogen-bond donors (Lipinski definition) is 1. The summed E-state index contributed by atoms with van der Waals surface area (Å²) in [6.45, 7) is 2.55. The van der Waals surface area contributed by atoms with E-state index in [2.05, 4.69) is 20.4 Å². The molecule has 4 rings (SSSR count). The maximum absolute atomic E-state index is 13.0. The maximum atomic E-state index is 13.0. The van der Waals surface area contributed by atoms with Crippen LogP contribution in [0, 0.1) is 6.92 Å². The third-order valence-corrected chi connectivity index (χ3v) is 4.85. The number of allylic oxidation sites excluding steroid dienone is 1. The molecule has 32 heavy (non-hydrogen) atoms. The van der Waals surface area contributed by atoms with Gasteiger partial charge in [0.15, 0.2) is 5.82 Å². The van der Waals surface area contributed by atoms with E-state index in [1.807, 2.05) is 61.5 Å². The molecule has 0 aliphatic rings. The van der Waals surface area contributed by atoms with Crippen LogP contribution in [0.25, 0.3) is 17.5 Å². The van der Waals surface area contributed by atoms with Gasteiger partial charge in [0, 0.05) is 36.1 Å². The van der Waals surface area contributed by atoms with Crippen molar-refractivity contribution in [3.05, 3.63) is 95.8 Å². The molecular formula is C25H23N5O2. The number of methoxy groups -OCH3 is 1. The number of carbonyl (C=O) groups is 1. The van der Waals surface area contributed by atoms with Crippen molar-refractivity contribution >= 4 is 17.9 Å². The number of hydrogen-bond acceptors (Lipinski definition) is 6. The van der Waals surface area contributed by atoms with Crippen molar-refractivity contribution in [3.8, 4) is 17.1 Å². The Balaban J connectivity index is 1.62. The first-order valence-corrected chi connectivity index (χ1v) is 10.2. The van der Waals surface area contributed by atoms with E-state index in [9.17, 15) is 4.79 Å². The molecule has 0 fully saturated rings. The zero-order valence-corrected chi connectivity index (χ0v) is 17.9. The van der Waals surface area contributed by atoms with Crippen molar-refractivity contribution in [2.45, 2.75) is 13.5 Å². The monoisotopic (exact) mass is 425 g/mol. The normalized spacial score (nSPS) is 10.9. The van der Waals surface area contributed by atoms with Crippen molar-refractivity contribution in [3.63, 3.8) is 0 Å². The lowest BCUT2D eigenvalue weighted by atomic mass is 10.1. The molecule has 0 atom stereocenters. The van der Waals surface area contributed by atoms with Crippen LogP contribution in [-0.2, 0) is 6.54 Å². The number of nitrogens with one attached hydrogen (secondary N) is 1. The van der Waals surface area contributed by atoms with Crippen LogP contribution in [0.2, 0.25) is 0 Å². The van der Waals surface area contributed by atoms with E-state index in [0.717, 1.165) is 16.7 Å². The number of aromatic nitrogens is 4. The summed E-state index contributed by atoms with van der Waals surface area (Å²) in [7, 11) is 1.60. The first-order chi connectivity index (χ1) is 15.6. The van der Waals surface area contributed by atoms with Crippen LogP contribution in [-0.4, -0.2) is 32.8 Å². The molecule has 0 unspecified atom stereocenters. The highest BCUT2D eigenvalue weighted by atomic mass is 16.5. The highest BCUT2D eigenvalue weighted by Gasteiger charge is 2.16. The van der Waals surface area contributed by atoms with Crippen LogP contribution in [0.15, 0.2) is 79.1 Å². The fraction of sp³-hybridized carbons (Fsp3) is 0.120. The van der Waals surface area contributed by atoms with E-state index >= 15 is 0 Å². The summed E-state index contributed by atoms with van der Waals surface area (Å²) >= 11 is 0. The summed E-state index contributed by atoms with van der Waals surface area (Å²) in [6.07, 6.45) is 6.50. The van der Waals surface area contributed by atoms with Crippen molar-refractivity contribution in [1.29, 1.82) is 0 Å². The summed E-state index contributed by atoms with van der Waals surface area (Å²) in [5.74, 6) is 1.14. The van der Waals surface area contributed by atoms with Crippen LogP contribution in [0.1, 0.15) is 21.5 Å².